The highest BCUT2D eigenvalue weighted by Crippen LogP contribution is 2.25. The van der Waals surface area contributed by atoms with Gasteiger partial charge in [0.15, 0.2) is 5.78 Å². The van der Waals surface area contributed by atoms with Crippen molar-refractivity contribution in [3.8, 4) is 0 Å². The maximum Gasteiger partial charge on any atom is 0.272 e. The van der Waals surface area contributed by atoms with Gasteiger partial charge in [-0.15, -0.1) is 0 Å². The number of ketones is 1. The number of piperidine rings is 1. The van der Waals surface area contributed by atoms with Crippen LogP contribution in [-0.2, 0) is 0 Å². The topological polar surface area (TPSA) is 86.6 Å². The Kier molecular flexibility index (Phi) is 7.79. The van der Waals surface area contributed by atoms with Crippen molar-refractivity contribution in [2.75, 3.05) is 28.6 Å². The third kappa shape index (κ3) is 6.21. The minimum absolute atomic E-state index is 0.0795. The number of hydrogen-bond acceptors (Lipinski definition) is 5. The van der Waals surface area contributed by atoms with Gasteiger partial charge in [-0.3, -0.25) is 9.59 Å². The largest absolute Gasteiger partial charge is 0.393 e. The van der Waals surface area contributed by atoms with Crippen LogP contribution in [0.1, 0.15) is 59.1 Å². The molecule has 3 aromatic carbocycles. The van der Waals surface area contributed by atoms with Crippen molar-refractivity contribution in [3.63, 3.8) is 0 Å². The van der Waals surface area contributed by atoms with Crippen LogP contribution in [0.4, 0.5) is 22.7 Å². The van der Waals surface area contributed by atoms with E-state index in [1.54, 1.807) is 30.3 Å². The first kappa shape index (κ1) is 26.3. The van der Waals surface area contributed by atoms with Crippen LogP contribution in [0, 0.1) is 0 Å². The summed E-state index contributed by atoms with van der Waals surface area (Å²) in [5.74, 6) is -0.263. The molecule has 7 nitrogen and oxygen atoms in total. The van der Waals surface area contributed by atoms with Gasteiger partial charge in [-0.2, -0.15) is 0 Å². The molecular weight excluding hydrogens is 488 g/mol. The standard InChI is InChI=1S/C32H34N4O3/c1-22(2)36-19-3-4-30(36)32(39)34-27-11-7-24(8-12-27)31(38)23-5-9-25(10-6-23)33-26-13-15-28(16-14-26)35-20-17-29(37)18-21-35/h3-16,19,22,29,33,37H,17-18,20-21H2,1-2H3,(H,34,39). The number of nitrogens with one attached hydrogen (secondary N) is 2. The van der Waals surface area contributed by atoms with Gasteiger partial charge in [-0.1, -0.05) is 0 Å². The zero-order chi connectivity index (χ0) is 27.4. The van der Waals surface area contributed by atoms with E-state index in [1.165, 1.54) is 0 Å². The predicted molar refractivity (Wildman–Crippen MR) is 156 cm³/mol. The molecule has 0 aliphatic carbocycles. The van der Waals surface area contributed by atoms with E-state index in [0.29, 0.717) is 22.5 Å². The van der Waals surface area contributed by atoms with E-state index in [2.05, 4.69) is 27.7 Å². The molecule has 39 heavy (non-hydrogen) atoms. The molecule has 7 heteroatoms. The van der Waals surface area contributed by atoms with Crippen molar-refractivity contribution in [2.45, 2.75) is 38.8 Å². The first-order valence-corrected chi connectivity index (χ1v) is 13.4. The molecule has 0 saturated carbocycles. The number of benzene rings is 3. The number of rotatable bonds is 8. The maximum absolute atomic E-state index is 13.0. The van der Waals surface area contributed by atoms with Crippen molar-refractivity contribution in [1.82, 2.24) is 4.57 Å². The van der Waals surface area contributed by atoms with Crippen LogP contribution in [0.5, 0.6) is 0 Å². The number of aliphatic hydroxyl groups is 1. The first-order chi connectivity index (χ1) is 18.9. The molecule has 2 heterocycles. The Balaban J connectivity index is 1.18. The lowest BCUT2D eigenvalue weighted by Gasteiger charge is -2.31. The lowest BCUT2D eigenvalue weighted by molar-refractivity contribution is 0.101. The van der Waals surface area contributed by atoms with Gasteiger partial charge in [0.25, 0.3) is 5.91 Å². The number of nitrogens with zero attached hydrogens (tertiary/aromatic N) is 2. The smallest absolute Gasteiger partial charge is 0.272 e. The average molecular weight is 523 g/mol. The van der Waals surface area contributed by atoms with Crippen LogP contribution in [0.3, 0.4) is 0 Å². The Labute approximate surface area is 229 Å². The molecule has 1 fully saturated rings. The van der Waals surface area contributed by atoms with E-state index < -0.39 is 0 Å². The minimum atomic E-state index is -0.183. The lowest BCUT2D eigenvalue weighted by Crippen LogP contribution is -2.35. The molecule has 1 aliphatic rings. The van der Waals surface area contributed by atoms with E-state index in [-0.39, 0.29) is 23.8 Å². The summed E-state index contributed by atoms with van der Waals surface area (Å²) >= 11 is 0. The molecule has 1 amide bonds. The van der Waals surface area contributed by atoms with Crippen LogP contribution in [0.2, 0.25) is 0 Å². The summed E-state index contributed by atoms with van der Waals surface area (Å²) in [5.41, 5.74) is 5.39. The highest BCUT2D eigenvalue weighted by atomic mass is 16.3. The fourth-order valence-corrected chi connectivity index (χ4v) is 4.85. The Hall–Kier alpha value is -4.36. The second kappa shape index (κ2) is 11.6. The number of carbonyl (C=O) groups is 2. The Morgan fingerprint density at radius 2 is 1.33 bits per heavy atom. The van der Waals surface area contributed by atoms with Gasteiger partial charge in [0.05, 0.1) is 6.10 Å². The van der Waals surface area contributed by atoms with Crippen LogP contribution >= 0.6 is 0 Å². The number of anilines is 4. The average Bonchev–Trinajstić information content (AvgIpc) is 3.46. The van der Waals surface area contributed by atoms with Crippen LogP contribution in [0.15, 0.2) is 91.1 Å². The Bertz CT molecular complexity index is 1420. The zero-order valence-electron chi connectivity index (χ0n) is 22.3. The zero-order valence-corrected chi connectivity index (χ0v) is 22.3. The predicted octanol–water partition coefficient (Wildman–Crippen LogP) is 6.26. The Morgan fingerprint density at radius 1 is 0.795 bits per heavy atom. The fraction of sp³-hybridized carbons (Fsp3) is 0.250. The van der Waals surface area contributed by atoms with Gasteiger partial charge in [0.1, 0.15) is 5.69 Å². The first-order valence-electron chi connectivity index (χ1n) is 13.4. The van der Waals surface area contributed by atoms with E-state index in [1.807, 2.05) is 67.1 Å². The van der Waals surface area contributed by atoms with Crippen molar-refractivity contribution in [2.24, 2.45) is 0 Å². The number of amides is 1. The van der Waals surface area contributed by atoms with Crippen molar-refractivity contribution < 1.29 is 14.7 Å². The third-order valence-electron chi connectivity index (χ3n) is 7.11. The van der Waals surface area contributed by atoms with Gasteiger partial charge in [0.2, 0.25) is 0 Å². The number of carbonyl (C=O) groups excluding carboxylic acids is 2. The van der Waals surface area contributed by atoms with E-state index in [9.17, 15) is 14.7 Å². The summed E-state index contributed by atoms with van der Waals surface area (Å²) in [4.78, 5) is 28.0. The SMILES string of the molecule is CC(C)n1cccc1C(=O)Nc1ccc(C(=O)c2ccc(Nc3ccc(N4CCC(O)CC4)cc3)cc2)cc1. The van der Waals surface area contributed by atoms with E-state index >= 15 is 0 Å². The van der Waals surface area contributed by atoms with E-state index in [0.717, 1.165) is 43.0 Å². The highest BCUT2D eigenvalue weighted by Gasteiger charge is 2.17. The summed E-state index contributed by atoms with van der Waals surface area (Å²) < 4.78 is 1.92. The monoisotopic (exact) mass is 522 g/mol. The van der Waals surface area contributed by atoms with Gasteiger partial charge in [-0.25, -0.2) is 0 Å². The summed E-state index contributed by atoms with van der Waals surface area (Å²) in [6, 6.07) is 26.5. The van der Waals surface area contributed by atoms with Gasteiger partial charge in [0, 0.05) is 59.2 Å². The molecular formula is C32H34N4O3. The molecule has 0 spiro atoms. The third-order valence-corrected chi connectivity index (χ3v) is 7.11. The van der Waals surface area contributed by atoms with Gasteiger partial charge < -0.3 is 25.2 Å². The van der Waals surface area contributed by atoms with Crippen molar-refractivity contribution in [1.29, 1.82) is 0 Å². The molecule has 4 aromatic rings. The molecule has 0 unspecified atom stereocenters. The minimum Gasteiger partial charge on any atom is -0.393 e. The van der Waals surface area contributed by atoms with Crippen molar-refractivity contribution in [3.05, 3.63) is 108 Å². The number of aliphatic hydroxyl groups excluding tert-OH is 1. The number of hydrogen-bond donors (Lipinski definition) is 3. The second-order valence-corrected chi connectivity index (χ2v) is 10.2. The molecule has 0 radical (unpaired) electrons. The van der Waals surface area contributed by atoms with Crippen molar-refractivity contribution >= 4 is 34.4 Å². The summed E-state index contributed by atoms with van der Waals surface area (Å²) in [6.07, 6.45) is 3.32. The van der Waals surface area contributed by atoms with Gasteiger partial charge >= 0.3 is 0 Å². The highest BCUT2D eigenvalue weighted by molar-refractivity contribution is 6.09. The Morgan fingerprint density at radius 3 is 1.90 bits per heavy atom. The fourth-order valence-electron chi connectivity index (χ4n) is 4.85. The molecule has 0 atom stereocenters. The number of aromatic nitrogens is 1. The molecule has 0 bridgehead atoms. The van der Waals surface area contributed by atoms with Crippen LogP contribution in [-0.4, -0.2) is 40.6 Å². The van der Waals surface area contributed by atoms with E-state index in [4.69, 9.17) is 0 Å². The normalized spacial score (nSPS) is 13.9. The lowest BCUT2D eigenvalue weighted by atomic mass is 10.0. The molecule has 1 aliphatic heterocycles. The quantitative estimate of drug-likeness (QED) is 0.238. The summed E-state index contributed by atoms with van der Waals surface area (Å²) in [7, 11) is 0. The maximum atomic E-state index is 13.0. The summed E-state index contributed by atoms with van der Waals surface area (Å²) in [6.45, 7) is 5.80. The molecule has 5 rings (SSSR count). The second-order valence-electron chi connectivity index (χ2n) is 10.2. The molecule has 1 aromatic heterocycles. The summed E-state index contributed by atoms with van der Waals surface area (Å²) in [5, 5.41) is 16.0. The van der Waals surface area contributed by atoms with Gasteiger partial charge in [-0.05, 0) is 112 Å². The molecule has 200 valence electrons. The van der Waals surface area contributed by atoms with Crippen LogP contribution < -0.4 is 15.5 Å². The molecule has 3 N–H and O–H groups in total. The molecule has 1 saturated heterocycles. The van der Waals surface area contributed by atoms with Crippen LogP contribution in [0.25, 0.3) is 0 Å².